The van der Waals surface area contributed by atoms with Crippen molar-refractivity contribution >= 4 is 30.2 Å². The van der Waals surface area contributed by atoms with Crippen LogP contribution in [0.2, 0.25) is 18.1 Å². The van der Waals surface area contributed by atoms with Crippen molar-refractivity contribution in [1.29, 1.82) is 0 Å². The fraction of sp³-hybridized carbons (Fsp3) is 0.545. The molecule has 0 bridgehead atoms. The third-order valence-corrected chi connectivity index (χ3v) is 11.0. The Labute approximate surface area is 91.2 Å². The first-order valence-corrected chi connectivity index (χ1v) is 8.77. The van der Waals surface area contributed by atoms with Crippen LogP contribution in [-0.2, 0) is 0 Å². The lowest BCUT2D eigenvalue weighted by Gasteiger charge is -2.27. The lowest BCUT2D eigenvalue weighted by atomic mass is 10.4. The second kappa shape index (κ2) is 4.89. The van der Waals surface area contributed by atoms with E-state index in [9.17, 15) is 4.79 Å². The maximum absolute atomic E-state index is 10.9. The first kappa shape index (κ1) is 11.7. The molecule has 14 heavy (non-hydrogen) atoms. The molecule has 0 aliphatic carbocycles. The lowest BCUT2D eigenvalue weighted by Crippen LogP contribution is -2.45. The Bertz CT molecular complexity index is 294. The minimum atomic E-state index is -1.32. The van der Waals surface area contributed by atoms with E-state index in [2.05, 4.69) is 26.2 Å². The van der Waals surface area contributed by atoms with Gasteiger partial charge in [-0.3, -0.25) is 4.79 Å². The molecule has 0 aliphatic rings. The maximum atomic E-state index is 10.9. The van der Waals surface area contributed by atoms with Crippen molar-refractivity contribution in [2.45, 2.75) is 38.9 Å². The molecule has 0 saturated carbocycles. The van der Waals surface area contributed by atoms with Gasteiger partial charge >= 0.3 is 0 Å². The van der Waals surface area contributed by atoms with E-state index < -0.39 is 8.07 Å². The van der Waals surface area contributed by atoms with Crippen LogP contribution < -0.4 is 4.50 Å². The highest BCUT2D eigenvalue weighted by molar-refractivity contribution is 7.26. The summed E-state index contributed by atoms with van der Waals surface area (Å²) in [6.45, 7) is 6.81. The van der Waals surface area contributed by atoms with E-state index in [0.29, 0.717) is 0 Å². The average molecular weight is 226 g/mol. The van der Waals surface area contributed by atoms with Crippen LogP contribution in [0.5, 0.6) is 0 Å². The summed E-state index contributed by atoms with van der Waals surface area (Å²) in [5.41, 5.74) is 0.951. The molecule has 1 heterocycles. The highest BCUT2D eigenvalue weighted by atomic mass is 32.1. The third-order valence-electron chi connectivity index (χ3n) is 3.33. The first-order valence-electron chi connectivity index (χ1n) is 5.27. The monoisotopic (exact) mass is 226 g/mol. The Morgan fingerprint density at radius 1 is 1.29 bits per heavy atom. The second-order valence-corrected chi connectivity index (χ2v) is 10.1. The minimum Gasteiger partial charge on any atom is -0.298 e. The van der Waals surface area contributed by atoms with Crippen molar-refractivity contribution in [3.8, 4) is 0 Å². The van der Waals surface area contributed by atoms with Gasteiger partial charge in [-0.2, -0.15) is 11.3 Å². The fourth-order valence-corrected chi connectivity index (χ4v) is 8.40. The van der Waals surface area contributed by atoms with Gasteiger partial charge in [-0.15, -0.1) is 0 Å². The number of rotatable bonds is 5. The van der Waals surface area contributed by atoms with Gasteiger partial charge in [-0.05, 0) is 11.4 Å². The average Bonchev–Trinajstić information content (AvgIpc) is 2.70. The van der Waals surface area contributed by atoms with Crippen LogP contribution >= 0.6 is 11.3 Å². The lowest BCUT2D eigenvalue weighted by molar-refractivity contribution is 0.112. The number of aldehydes is 1. The van der Waals surface area contributed by atoms with E-state index in [1.807, 2.05) is 6.07 Å². The van der Waals surface area contributed by atoms with Gasteiger partial charge < -0.3 is 0 Å². The van der Waals surface area contributed by atoms with Gasteiger partial charge in [-0.1, -0.05) is 38.9 Å². The molecule has 0 amide bonds. The maximum Gasteiger partial charge on any atom is 0.150 e. The zero-order valence-electron chi connectivity index (χ0n) is 9.17. The van der Waals surface area contributed by atoms with E-state index in [4.69, 9.17) is 0 Å². The molecular formula is C11H18OSSi. The van der Waals surface area contributed by atoms with Crippen LogP contribution in [-0.4, -0.2) is 14.4 Å². The van der Waals surface area contributed by atoms with Gasteiger partial charge in [-0.25, -0.2) is 0 Å². The van der Waals surface area contributed by atoms with Gasteiger partial charge in [0.25, 0.3) is 0 Å². The summed E-state index contributed by atoms with van der Waals surface area (Å²) >= 11 is 1.79. The summed E-state index contributed by atoms with van der Waals surface area (Å²) in [6.07, 6.45) is 1.02. The molecule has 0 fully saturated rings. The molecule has 78 valence electrons. The zero-order valence-corrected chi connectivity index (χ0v) is 11.0. The molecule has 3 heteroatoms. The molecule has 0 aliphatic heterocycles. The molecule has 1 aromatic heterocycles. The Balaban J connectivity index is 3.16. The standard InChI is InChI=1S/C11H18OSSi/c1-4-14(5-2,6-3)11-10(9-12)7-8-13-11/h7-9H,4-6H2,1-3H3. The Morgan fingerprint density at radius 3 is 2.29 bits per heavy atom. The van der Waals surface area contributed by atoms with Crippen molar-refractivity contribution in [1.82, 2.24) is 0 Å². The number of hydrogen-bond donors (Lipinski definition) is 0. The predicted octanol–water partition coefficient (Wildman–Crippen LogP) is 3.28. The molecule has 0 spiro atoms. The second-order valence-electron chi connectivity index (χ2n) is 3.66. The van der Waals surface area contributed by atoms with Crippen LogP contribution in [0.4, 0.5) is 0 Å². The fourth-order valence-electron chi connectivity index (χ4n) is 2.07. The van der Waals surface area contributed by atoms with Crippen molar-refractivity contribution < 1.29 is 4.79 Å². The molecular weight excluding hydrogens is 208 g/mol. The van der Waals surface area contributed by atoms with Crippen molar-refractivity contribution in [2.75, 3.05) is 0 Å². The summed E-state index contributed by atoms with van der Waals surface area (Å²) in [6, 6.07) is 5.72. The van der Waals surface area contributed by atoms with E-state index >= 15 is 0 Å². The summed E-state index contributed by atoms with van der Waals surface area (Å²) in [5.74, 6) is 0. The molecule has 0 saturated heterocycles. The Morgan fingerprint density at radius 2 is 1.86 bits per heavy atom. The van der Waals surface area contributed by atoms with Gasteiger partial charge in [0.1, 0.15) is 0 Å². The van der Waals surface area contributed by atoms with Crippen LogP contribution in [0.25, 0.3) is 0 Å². The molecule has 0 N–H and O–H groups in total. The molecule has 1 nitrogen and oxygen atoms in total. The Hall–Kier alpha value is -0.413. The van der Waals surface area contributed by atoms with Gasteiger partial charge in [0.05, 0.1) is 8.07 Å². The number of carbonyl (C=O) groups excluding carboxylic acids is 1. The largest absolute Gasteiger partial charge is 0.298 e. The molecule has 1 rings (SSSR count). The van der Waals surface area contributed by atoms with Crippen molar-refractivity contribution in [3.05, 3.63) is 17.0 Å². The van der Waals surface area contributed by atoms with Crippen LogP contribution in [0, 0.1) is 0 Å². The zero-order chi connectivity index (χ0) is 10.6. The normalized spacial score (nSPS) is 11.6. The van der Waals surface area contributed by atoms with Crippen LogP contribution in [0.3, 0.4) is 0 Å². The minimum absolute atomic E-state index is 0.951. The summed E-state index contributed by atoms with van der Waals surface area (Å²) in [7, 11) is -1.32. The van der Waals surface area contributed by atoms with E-state index in [0.717, 1.165) is 11.8 Å². The predicted molar refractivity (Wildman–Crippen MR) is 66.5 cm³/mol. The summed E-state index contributed by atoms with van der Waals surface area (Å²) in [5, 5.41) is 2.06. The van der Waals surface area contributed by atoms with Gasteiger partial charge in [0.15, 0.2) is 6.29 Å². The smallest absolute Gasteiger partial charge is 0.150 e. The third kappa shape index (κ3) is 1.84. The first-order chi connectivity index (χ1) is 6.74. The Kier molecular flexibility index (Phi) is 4.07. The molecule has 1 aromatic rings. The summed E-state index contributed by atoms with van der Waals surface area (Å²) < 4.78 is 1.42. The quantitative estimate of drug-likeness (QED) is 0.556. The number of thiophene rings is 1. The number of carbonyl (C=O) groups is 1. The highest BCUT2D eigenvalue weighted by Gasteiger charge is 2.32. The molecule has 0 aromatic carbocycles. The number of hydrogen-bond acceptors (Lipinski definition) is 2. The molecule has 0 radical (unpaired) electrons. The summed E-state index contributed by atoms with van der Waals surface area (Å²) in [4.78, 5) is 10.9. The van der Waals surface area contributed by atoms with Gasteiger partial charge in [0.2, 0.25) is 0 Å². The van der Waals surface area contributed by atoms with Gasteiger partial charge in [0, 0.05) is 10.1 Å². The van der Waals surface area contributed by atoms with Crippen molar-refractivity contribution in [2.24, 2.45) is 0 Å². The molecule has 0 atom stereocenters. The van der Waals surface area contributed by atoms with E-state index in [-0.39, 0.29) is 0 Å². The van der Waals surface area contributed by atoms with Crippen molar-refractivity contribution in [3.63, 3.8) is 0 Å². The van der Waals surface area contributed by atoms with E-state index in [1.54, 1.807) is 11.3 Å². The highest BCUT2D eigenvalue weighted by Crippen LogP contribution is 2.23. The van der Waals surface area contributed by atoms with Crippen LogP contribution in [0.15, 0.2) is 11.4 Å². The van der Waals surface area contributed by atoms with E-state index in [1.165, 1.54) is 22.6 Å². The molecule has 0 unspecified atom stereocenters. The SMILES string of the molecule is CC[Si](CC)(CC)c1sccc1C=O. The topological polar surface area (TPSA) is 17.1 Å². The van der Waals surface area contributed by atoms with Crippen LogP contribution in [0.1, 0.15) is 31.1 Å².